The van der Waals surface area contributed by atoms with Crippen LogP contribution in [0.3, 0.4) is 0 Å². The molecule has 1 aromatic heterocycles. The number of sulfonamides is 1. The summed E-state index contributed by atoms with van der Waals surface area (Å²) in [6, 6.07) is 12.1. The number of amides is 1. The fraction of sp³-hybridized carbons (Fsp3) is 0.0588. The molecule has 0 atom stereocenters. The van der Waals surface area contributed by atoms with E-state index >= 15 is 0 Å². The summed E-state index contributed by atoms with van der Waals surface area (Å²) >= 11 is 0. The van der Waals surface area contributed by atoms with Gasteiger partial charge in [-0.3, -0.25) is 9.52 Å². The number of oxazole rings is 1. The van der Waals surface area contributed by atoms with E-state index in [0.29, 0.717) is 22.8 Å². The van der Waals surface area contributed by atoms with Gasteiger partial charge in [0.2, 0.25) is 5.91 Å². The maximum absolute atomic E-state index is 12.4. The highest BCUT2D eigenvalue weighted by Gasteiger charge is 2.15. The van der Waals surface area contributed by atoms with Crippen LogP contribution in [0.1, 0.15) is 16.2 Å². The molecule has 3 rings (SSSR count). The van der Waals surface area contributed by atoms with E-state index in [1.54, 1.807) is 19.1 Å². The van der Waals surface area contributed by atoms with Crippen LogP contribution < -0.4 is 10.5 Å². The summed E-state index contributed by atoms with van der Waals surface area (Å²) in [6.45, 7) is 1.73. The van der Waals surface area contributed by atoms with Gasteiger partial charge in [-0.1, -0.05) is 12.1 Å². The average molecular weight is 357 g/mol. The zero-order valence-electron chi connectivity index (χ0n) is 13.3. The zero-order valence-corrected chi connectivity index (χ0v) is 14.1. The summed E-state index contributed by atoms with van der Waals surface area (Å²) in [5.41, 5.74) is 7.18. The highest BCUT2D eigenvalue weighted by molar-refractivity contribution is 7.92. The lowest BCUT2D eigenvalue weighted by Gasteiger charge is -2.09. The fourth-order valence-electron chi connectivity index (χ4n) is 2.22. The van der Waals surface area contributed by atoms with E-state index in [2.05, 4.69) is 9.71 Å². The molecule has 0 saturated heterocycles. The van der Waals surface area contributed by atoms with Crippen molar-refractivity contribution < 1.29 is 17.6 Å². The highest BCUT2D eigenvalue weighted by Crippen LogP contribution is 2.22. The van der Waals surface area contributed by atoms with E-state index in [-0.39, 0.29) is 4.90 Å². The molecule has 8 heteroatoms. The van der Waals surface area contributed by atoms with Gasteiger partial charge >= 0.3 is 0 Å². The Balaban J connectivity index is 1.81. The van der Waals surface area contributed by atoms with E-state index < -0.39 is 15.9 Å². The van der Waals surface area contributed by atoms with E-state index in [9.17, 15) is 13.2 Å². The lowest BCUT2D eigenvalue weighted by atomic mass is 10.2. The Bertz CT molecular complexity index is 1010. The highest BCUT2D eigenvalue weighted by atomic mass is 32.2. The number of hydrogen-bond acceptors (Lipinski definition) is 5. The zero-order chi connectivity index (χ0) is 18.0. The minimum absolute atomic E-state index is 0.107. The first kappa shape index (κ1) is 16.7. The van der Waals surface area contributed by atoms with Crippen molar-refractivity contribution in [3.63, 3.8) is 0 Å². The number of benzene rings is 2. The number of nitrogens with one attached hydrogen (secondary N) is 1. The Hall–Kier alpha value is -3.13. The second kappa shape index (κ2) is 6.40. The van der Waals surface area contributed by atoms with Crippen LogP contribution in [-0.2, 0) is 10.0 Å². The minimum atomic E-state index is -3.75. The topological polar surface area (TPSA) is 115 Å². The molecule has 128 valence electrons. The molecule has 7 nitrogen and oxygen atoms in total. The Morgan fingerprint density at radius 3 is 2.24 bits per heavy atom. The van der Waals surface area contributed by atoms with E-state index in [4.69, 9.17) is 10.2 Å². The third-order valence-corrected chi connectivity index (χ3v) is 4.90. The molecule has 25 heavy (non-hydrogen) atoms. The van der Waals surface area contributed by atoms with Gasteiger partial charge in [-0.25, -0.2) is 13.4 Å². The average Bonchev–Trinajstić information content (AvgIpc) is 3.01. The molecule has 0 spiro atoms. The van der Waals surface area contributed by atoms with Gasteiger partial charge < -0.3 is 10.2 Å². The van der Waals surface area contributed by atoms with Gasteiger partial charge in [-0.05, 0) is 36.4 Å². The molecular formula is C17H15N3O4S. The fourth-order valence-corrected chi connectivity index (χ4v) is 3.28. The summed E-state index contributed by atoms with van der Waals surface area (Å²) in [4.78, 5) is 15.3. The van der Waals surface area contributed by atoms with Crippen molar-refractivity contribution >= 4 is 21.6 Å². The van der Waals surface area contributed by atoms with Crippen molar-refractivity contribution in [1.82, 2.24) is 4.98 Å². The molecule has 0 aliphatic carbocycles. The second-order valence-corrected chi connectivity index (χ2v) is 7.01. The first-order chi connectivity index (χ1) is 11.8. The largest absolute Gasteiger partial charge is 0.449 e. The lowest BCUT2D eigenvalue weighted by Crippen LogP contribution is -2.14. The number of nitrogens with two attached hydrogens (primary N) is 1. The van der Waals surface area contributed by atoms with Gasteiger partial charge in [0.1, 0.15) is 12.0 Å². The summed E-state index contributed by atoms with van der Waals surface area (Å²) in [5, 5.41) is 0. The van der Waals surface area contributed by atoms with Crippen molar-refractivity contribution in [2.45, 2.75) is 11.8 Å². The standard InChI is InChI=1S/C17H15N3O4S/c1-11-19-16(10-24-11)12-4-8-15(9-5-12)25(22,23)20-14-6-2-13(3-7-14)17(18)21/h2-10,20H,1H3,(H2,18,21). The number of carbonyl (C=O) groups excluding carboxylic acids is 1. The monoisotopic (exact) mass is 357 g/mol. The summed E-state index contributed by atoms with van der Waals surface area (Å²) in [7, 11) is -3.75. The Kier molecular flexibility index (Phi) is 4.28. The van der Waals surface area contributed by atoms with Gasteiger partial charge in [0.05, 0.1) is 4.90 Å². The number of aromatic nitrogens is 1. The van der Waals surface area contributed by atoms with Gasteiger partial charge in [-0.15, -0.1) is 0 Å². The number of carbonyl (C=O) groups is 1. The van der Waals surface area contributed by atoms with E-state index in [1.807, 2.05) is 0 Å². The maximum atomic E-state index is 12.4. The third kappa shape index (κ3) is 3.69. The predicted octanol–water partition coefficient (Wildman–Crippen LogP) is 2.55. The van der Waals surface area contributed by atoms with Gasteiger partial charge in [0, 0.05) is 23.7 Å². The van der Waals surface area contributed by atoms with Crippen LogP contribution in [0.4, 0.5) is 5.69 Å². The Morgan fingerprint density at radius 1 is 1.08 bits per heavy atom. The Labute approximate surface area is 144 Å². The van der Waals surface area contributed by atoms with Crippen LogP contribution in [0, 0.1) is 6.92 Å². The van der Waals surface area contributed by atoms with E-state index in [0.717, 1.165) is 5.56 Å². The molecule has 0 unspecified atom stereocenters. The number of primary amides is 1. The molecular weight excluding hydrogens is 342 g/mol. The minimum Gasteiger partial charge on any atom is -0.449 e. The smallest absolute Gasteiger partial charge is 0.261 e. The van der Waals surface area contributed by atoms with Crippen LogP contribution >= 0.6 is 0 Å². The predicted molar refractivity (Wildman–Crippen MR) is 92.4 cm³/mol. The van der Waals surface area contributed by atoms with Crippen LogP contribution in [0.2, 0.25) is 0 Å². The van der Waals surface area contributed by atoms with Gasteiger partial charge in [-0.2, -0.15) is 0 Å². The number of nitrogens with zero attached hydrogens (tertiary/aromatic N) is 1. The van der Waals surface area contributed by atoms with Crippen LogP contribution in [-0.4, -0.2) is 19.3 Å². The molecule has 0 aliphatic rings. The quantitative estimate of drug-likeness (QED) is 0.728. The number of aryl methyl sites for hydroxylation is 1. The maximum Gasteiger partial charge on any atom is 0.261 e. The van der Waals surface area contributed by atoms with E-state index in [1.165, 1.54) is 42.7 Å². The van der Waals surface area contributed by atoms with Crippen LogP contribution in [0.15, 0.2) is 64.1 Å². The van der Waals surface area contributed by atoms with Crippen molar-refractivity contribution in [3.8, 4) is 11.3 Å². The van der Waals surface area contributed by atoms with Gasteiger partial charge in [0.15, 0.2) is 5.89 Å². The molecule has 1 amide bonds. The van der Waals surface area contributed by atoms with Crippen LogP contribution in [0.5, 0.6) is 0 Å². The van der Waals surface area contributed by atoms with Crippen molar-refractivity contribution in [2.24, 2.45) is 5.73 Å². The molecule has 0 bridgehead atoms. The molecule has 0 radical (unpaired) electrons. The van der Waals surface area contributed by atoms with Crippen molar-refractivity contribution in [1.29, 1.82) is 0 Å². The molecule has 2 aromatic carbocycles. The number of rotatable bonds is 5. The Morgan fingerprint density at radius 2 is 1.72 bits per heavy atom. The molecule has 0 saturated carbocycles. The molecule has 3 aromatic rings. The first-order valence-corrected chi connectivity index (χ1v) is 8.79. The van der Waals surface area contributed by atoms with Crippen molar-refractivity contribution in [3.05, 3.63) is 66.2 Å². The normalized spacial score (nSPS) is 11.2. The summed E-state index contributed by atoms with van der Waals surface area (Å²) in [5.74, 6) is -0.0409. The van der Waals surface area contributed by atoms with Crippen LogP contribution in [0.25, 0.3) is 11.3 Å². The van der Waals surface area contributed by atoms with Gasteiger partial charge in [0.25, 0.3) is 10.0 Å². The molecule has 1 heterocycles. The molecule has 3 N–H and O–H groups in total. The summed E-state index contributed by atoms with van der Waals surface area (Å²) in [6.07, 6.45) is 1.51. The molecule has 0 fully saturated rings. The van der Waals surface area contributed by atoms with Crippen molar-refractivity contribution in [2.75, 3.05) is 4.72 Å². The first-order valence-electron chi connectivity index (χ1n) is 7.30. The SMILES string of the molecule is Cc1nc(-c2ccc(S(=O)(=O)Nc3ccc(C(N)=O)cc3)cc2)co1. The third-order valence-electron chi connectivity index (χ3n) is 3.50. The molecule has 0 aliphatic heterocycles. The second-order valence-electron chi connectivity index (χ2n) is 5.32. The number of hydrogen-bond donors (Lipinski definition) is 2. The summed E-state index contributed by atoms with van der Waals surface area (Å²) < 4.78 is 32.5. The lowest BCUT2D eigenvalue weighted by molar-refractivity contribution is 0.100. The number of anilines is 1.